The Morgan fingerprint density at radius 2 is 2.29 bits per heavy atom. The van der Waals surface area contributed by atoms with Gasteiger partial charge in [-0.25, -0.2) is 0 Å². The highest BCUT2D eigenvalue weighted by Crippen LogP contribution is 2.11. The van der Waals surface area contributed by atoms with Crippen molar-refractivity contribution < 1.29 is 5.11 Å². The Kier molecular flexibility index (Phi) is 5.15. The van der Waals surface area contributed by atoms with Gasteiger partial charge in [0.05, 0.1) is 6.61 Å². The van der Waals surface area contributed by atoms with Gasteiger partial charge in [0.15, 0.2) is 0 Å². The molecule has 0 unspecified atom stereocenters. The summed E-state index contributed by atoms with van der Waals surface area (Å²) in [6.45, 7) is 3.07. The Hall–Kier alpha value is -0.380. The molecule has 0 aliphatic rings. The van der Waals surface area contributed by atoms with Gasteiger partial charge in [0.2, 0.25) is 0 Å². The van der Waals surface area contributed by atoms with Crippen molar-refractivity contribution in [1.82, 2.24) is 5.32 Å². The molecule has 0 aromatic heterocycles. The van der Waals surface area contributed by atoms with Crippen LogP contribution in [0.5, 0.6) is 0 Å². The highest BCUT2D eigenvalue weighted by molar-refractivity contribution is 9.10. The van der Waals surface area contributed by atoms with Crippen molar-refractivity contribution in [3.8, 4) is 0 Å². The summed E-state index contributed by atoms with van der Waals surface area (Å²) in [7, 11) is 0. The lowest BCUT2D eigenvalue weighted by atomic mass is 10.2. The second-order valence-corrected chi connectivity index (χ2v) is 4.21. The zero-order chi connectivity index (χ0) is 10.4. The van der Waals surface area contributed by atoms with Crippen LogP contribution in [0.25, 0.3) is 0 Å². The number of nitrogens with one attached hydrogen (secondary N) is 1. The highest BCUT2D eigenvalue weighted by atomic mass is 79.9. The van der Waals surface area contributed by atoms with Crippen molar-refractivity contribution in [2.45, 2.75) is 25.9 Å². The molecule has 0 bridgehead atoms. The minimum atomic E-state index is 0.199. The van der Waals surface area contributed by atoms with E-state index in [1.165, 1.54) is 5.56 Å². The summed E-state index contributed by atoms with van der Waals surface area (Å²) in [5.74, 6) is 0. The molecule has 0 heterocycles. The topological polar surface area (TPSA) is 32.3 Å². The molecule has 0 radical (unpaired) electrons. The standard InChI is InChI=1S/C11H16BrNO/c1-2-11(8-14)13-7-9-4-3-5-10(12)6-9/h3-6,11,13-14H,2,7-8H2,1H3/t11-/m1/s1. The predicted molar refractivity (Wildman–Crippen MR) is 62.1 cm³/mol. The maximum atomic E-state index is 8.99. The van der Waals surface area contributed by atoms with Gasteiger partial charge in [0, 0.05) is 17.1 Å². The van der Waals surface area contributed by atoms with Gasteiger partial charge in [0.1, 0.15) is 0 Å². The molecule has 1 atom stereocenters. The lowest BCUT2D eigenvalue weighted by Gasteiger charge is -2.13. The Morgan fingerprint density at radius 3 is 2.86 bits per heavy atom. The van der Waals surface area contributed by atoms with E-state index in [1.807, 2.05) is 12.1 Å². The number of halogens is 1. The Bertz CT molecular complexity index is 274. The molecular formula is C11H16BrNO. The maximum absolute atomic E-state index is 8.99. The van der Waals surface area contributed by atoms with E-state index in [4.69, 9.17) is 5.11 Å². The summed E-state index contributed by atoms with van der Waals surface area (Å²) in [6, 6.07) is 8.38. The van der Waals surface area contributed by atoms with Gasteiger partial charge in [-0.15, -0.1) is 0 Å². The monoisotopic (exact) mass is 257 g/mol. The molecule has 3 heteroatoms. The number of aliphatic hydroxyl groups is 1. The van der Waals surface area contributed by atoms with Crippen molar-refractivity contribution in [3.63, 3.8) is 0 Å². The van der Waals surface area contributed by atoms with Gasteiger partial charge in [0.25, 0.3) is 0 Å². The van der Waals surface area contributed by atoms with E-state index in [0.29, 0.717) is 0 Å². The van der Waals surface area contributed by atoms with E-state index in [-0.39, 0.29) is 12.6 Å². The second-order valence-electron chi connectivity index (χ2n) is 3.30. The van der Waals surface area contributed by atoms with Gasteiger partial charge >= 0.3 is 0 Å². The van der Waals surface area contributed by atoms with Gasteiger partial charge < -0.3 is 10.4 Å². The number of rotatable bonds is 5. The molecule has 2 nitrogen and oxygen atoms in total. The Balaban J connectivity index is 2.44. The molecule has 0 aliphatic heterocycles. The fourth-order valence-electron chi connectivity index (χ4n) is 1.25. The van der Waals surface area contributed by atoms with Gasteiger partial charge in [-0.2, -0.15) is 0 Å². The molecule has 0 amide bonds. The van der Waals surface area contributed by atoms with Crippen molar-refractivity contribution in [1.29, 1.82) is 0 Å². The minimum Gasteiger partial charge on any atom is -0.395 e. The molecule has 0 saturated heterocycles. The first kappa shape index (κ1) is 11.7. The lowest BCUT2D eigenvalue weighted by Crippen LogP contribution is -2.31. The number of benzene rings is 1. The molecule has 14 heavy (non-hydrogen) atoms. The first-order chi connectivity index (χ1) is 6.76. The average Bonchev–Trinajstić information content (AvgIpc) is 2.19. The summed E-state index contributed by atoms with van der Waals surface area (Å²) in [5.41, 5.74) is 1.23. The maximum Gasteiger partial charge on any atom is 0.0584 e. The van der Waals surface area contributed by atoms with Crippen molar-refractivity contribution in [2.75, 3.05) is 6.61 Å². The average molecular weight is 258 g/mol. The summed E-state index contributed by atoms with van der Waals surface area (Å²) >= 11 is 3.43. The van der Waals surface area contributed by atoms with E-state index in [2.05, 4.69) is 40.3 Å². The van der Waals surface area contributed by atoms with Crippen LogP contribution in [-0.4, -0.2) is 17.8 Å². The Morgan fingerprint density at radius 1 is 1.50 bits per heavy atom. The lowest BCUT2D eigenvalue weighted by molar-refractivity contribution is 0.238. The zero-order valence-corrected chi connectivity index (χ0v) is 9.92. The first-order valence-electron chi connectivity index (χ1n) is 4.85. The van der Waals surface area contributed by atoms with Crippen LogP contribution in [0, 0.1) is 0 Å². The smallest absolute Gasteiger partial charge is 0.0584 e. The second kappa shape index (κ2) is 6.17. The summed E-state index contributed by atoms with van der Waals surface area (Å²) in [5, 5.41) is 12.3. The van der Waals surface area contributed by atoms with E-state index >= 15 is 0 Å². The van der Waals surface area contributed by atoms with Crippen LogP contribution in [-0.2, 0) is 6.54 Å². The van der Waals surface area contributed by atoms with Crippen LogP contribution in [0.3, 0.4) is 0 Å². The van der Waals surface area contributed by atoms with E-state index in [1.54, 1.807) is 0 Å². The van der Waals surface area contributed by atoms with Crippen LogP contribution in [0.1, 0.15) is 18.9 Å². The number of hydrogen-bond donors (Lipinski definition) is 2. The highest BCUT2D eigenvalue weighted by Gasteiger charge is 2.02. The van der Waals surface area contributed by atoms with Gasteiger partial charge in [-0.05, 0) is 24.1 Å². The van der Waals surface area contributed by atoms with Crippen molar-refractivity contribution in [2.24, 2.45) is 0 Å². The molecule has 0 spiro atoms. The van der Waals surface area contributed by atoms with Gasteiger partial charge in [-0.3, -0.25) is 0 Å². The van der Waals surface area contributed by atoms with Crippen LogP contribution >= 0.6 is 15.9 Å². The van der Waals surface area contributed by atoms with E-state index in [9.17, 15) is 0 Å². The summed E-state index contributed by atoms with van der Waals surface area (Å²) < 4.78 is 1.09. The summed E-state index contributed by atoms with van der Waals surface area (Å²) in [6.07, 6.45) is 0.949. The molecule has 1 aromatic rings. The molecular weight excluding hydrogens is 242 g/mol. The van der Waals surface area contributed by atoms with Gasteiger partial charge in [-0.1, -0.05) is 35.0 Å². The molecule has 2 N–H and O–H groups in total. The van der Waals surface area contributed by atoms with Crippen LogP contribution in [0.15, 0.2) is 28.7 Å². The van der Waals surface area contributed by atoms with E-state index < -0.39 is 0 Å². The molecule has 1 aromatic carbocycles. The Labute approximate surface area is 93.5 Å². The number of hydrogen-bond acceptors (Lipinski definition) is 2. The third-order valence-electron chi connectivity index (χ3n) is 2.20. The minimum absolute atomic E-state index is 0.199. The van der Waals surface area contributed by atoms with E-state index in [0.717, 1.165) is 17.4 Å². The van der Waals surface area contributed by atoms with Crippen LogP contribution in [0.2, 0.25) is 0 Å². The first-order valence-corrected chi connectivity index (χ1v) is 5.64. The largest absolute Gasteiger partial charge is 0.395 e. The third kappa shape index (κ3) is 3.78. The molecule has 78 valence electrons. The zero-order valence-electron chi connectivity index (χ0n) is 8.33. The fraction of sp³-hybridized carbons (Fsp3) is 0.455. The predicted octanol–water partition coefficient (Wildman–Crippen LogP) is 2.31. The van der Waals surface area contributed by atoms with Crippen LogP contribution < -0.4 is 5.32 Å². The van der Waals surface area contributed by atoms with Crippen molar-refractivity contribution in [3.05, 3.63) is 34.3 Å². The SMILES string of the molecule is CC[C@H](CO)NCc1cccc(Br)c1. The summed E-state index contributed by atoms with van der Waals surface area (Å²) in [4.78, 5) is 0. The molecule has 1 rings (SSSR count). The van der Waals surface area contributed by atoms with Crippen molar-refractivity contribution >= 4 is 15.9 Å². The quantitative estimate of drug-likeness (QED) is 0.849. The fourth-order valence-corrected chi connectivity index (χ4v) is 1.69. The molecule has 0 fully saturated rings. The van der Waals surface area contributed by atoms with Crippen LogP contribution in [0.4, 0.5) is 0 Å². The third-order valence-corrected chi connectivity index (χ3v) is 2.69. The normalized spacial score (nSPS) is 12.8. The molecule has 0 aliphatic carbocycles. The molecule has 0 saturated carbocycles. The number of aliphatic hydroxyl groups excluding tert-OH is 1.